The van der Waals surface area contributed by atoms with Crippen molar-refractivity contribution in [2.24, 2.45) is 0 Å². The maximum Gasteiger partial charge on any atom is 0.0681 e. The van der Waals surface area contributed by atoms with Gasteiger partial charge in [-0.1, -0.05) is 12.1 Å². The fraction of sp³-hybridized carbons (Fsp3) is 0.500. The summed E-state index contributed by atoms with van der Waals surface area (Å²) in [4.78, 5) is 0. The highest BCUT2D eigenvalue weighted by Crippen LogP contribution is 2.16. The molecule has 1 aliphatic heterocycles. The minimum absolute atomic E-state index is 0.0860. The summed E-state index contributed by atoms with van der Waals surface area (Å²) >= 11 is 0. The van der Waals surface area contributed by atoms with E-state index >= 15 is 0 Å². The molecule has 0 bridgehead atoms. The molecule has 0 unspecified atom stereocenters. The van der Waals surface area contributed by atoms with Gasteiger partial charge >= 0.3 is 0 Å². The van der Waals surface area contributed by atoms with Gasteiger partial charge in [-0.05, 0) is 30.5 Å². The van der Waals surface area contributed by atoms with Crippen LogP contribution in [-0.2, 0) is 17.4 Å². The highest BCUT2D eigenvalue weighted by atomic mass is 32.2. The molecule has 16 heavy (non-hydrogen) atoms. The Morgan fingerprint density at radius 1 is 1.25 bits per heavy atom. The van der Waals surface area contributed by atoms with Crippen molar-refractivity contribution < 1.29 is 9.32 Å². The van der Waals surface area contributed by atoms with Crippen molar-refractivity contribution >= 4 is 16.5 Å². The highest BCUT2D eigenvalue weighted by molar-refractivity contribution is 7.85. The van der Waals surface area contributed by atoms with E-state index in [9.17, 15) is 4.21 Å². The fourth-order valence-electron chi connectivity index (χ4n) is 1.88. The van der Waals surface area contributed by atoms with Gasteiger partial charge in [-0.25, -0.2) is 0 Å². The summed E-state index contributed by atoms with van der Waals surface area (Å²) in [5, 5.41) is 12.4. The molecule has 1 fully saturated rings. The third-order valence-corrected chi connectivity index (χ3v) is 4.28. The summed E-state index contributed by atoms with van der Waals surface area (Å²) in [7, 11) is -0.597. The van der Waals surface area contributed by atoms with Gasteiger partial charge in [-0.2, -0.15) is 0 Å². The minimum atomic E-state index is -0.597. The molecule has 0 atom stereocenters. The van der Waals surface area contributed by atoms with Gasteiger partial charge in [0, 0.05) is 34.0 Å². The van der Waals surface area contributed by atoms with Crippen LogP contribution in [-0.4, -0.2) is 26.9 Å². The zero-order valence-electron chi connectivity index (χ0n) is 9.19. The van der Waals surface area contributed by atoms with Crippen LogP contribution in [0.5, 0.6) is 0 Å². The quantitative estimate of drug-likeness (QED) is 0.840. The van der Waals surface area contributed by atoms with E-state index in [2.05, 4.69) is 5.32 Å². The number of hydrogen-bond acceptors (Lipinski definition) is 3. The molecule has 1 aliphatic rings. The standard InChI is InChI=1S/C12H17NO2S/c14-9-10-1-3-11(4-2-10)13-12-5-7-16(15)8-6-12/h1-4,12-14H,5-9H2. The van der Waals surface area contributed by atoms with Crippen molar-refractivity contribution in [1.29, 1.82) is 0 Å². The summed E-state index contributed by atoms with van der Waals surface area (Å²) in [6, 6.07) is 8.25. The average Bonchev–Trinajstić information content (AvgIpc) is 2.33. The Morgan fingerprint density at radius 3 is 2.44 bits per heavy atom. The van der Waals surface area contributed by atoms with Gasteiger partial charge in [0.1, 0.15) is 0 Å². The second kappa shape index (κ2) is 5.46. The van der Waals surface area contributed by atoms with E-state index in [0.717, 1.165) is 35.6 Å². The van der Waals surface area contributed by atoms with Crippen LogP contribution in [0, 0.1) is 0 Å². The van der Waals surface area contributed by atoms with Crippen LogP contribution in [0.3, 0.4) is 0 Å². The van der Waals surface area contributed by atoms with Crippen LogP contribution < -0.4 is 5.32 Å². The van der Waals surface area contributed by atoms with E-state index in [-0.39, 0.29) is 6.61 Å². The fourth-order valence-corrected chi connectivity index (χ4v) is 3.18. The Balaban J connectivity index is 1.90. The van der Waals surface area contributed by atoms with Crippen LogP contribution >= 0.6 is 0 Å². The van der Waals surface area contributed by atoms with Crippen molar-refractivity contribution in [2.45, 2.75) is 25.5 Å². The molecular formula is C12H17NO2S. The van der Waals surface area contributed by atoms with Crippen LogP contribution in [0.25, 0.3) is 0 Å². The molecule has 1 saturated heterocycles. The smallest absolute Gasteiger partial charge is 0.0681 e. The average molecular weight is 239 g/mol. The predicted octanol–water partition coefficient (Wildman–Crippen LogP) is 1.50. The Bertz CT molecular complexity index is 354. The molecule has 1 aromatic rings. The molecular weight excluding hydrogens is 222 g/mol. The first-order valence-corrected chi connectivity index (χ1v) is 7.08. The Hall–Kier alpha value is -0.870. The van der Waals surface area contributed by atoms with Crippen LogP contribution in [0.1, 0.15) is 18.4 Å². The lowest BCUT2D eigenvalue weighted by atomic mass is 10.1. The van der Waals surface area contributed by atoms with Gasteiger partial charge in [-0.15, -0.1) is 0 Å². The first-order chi connectivity index (χ1) is 7.78. The minimum Gasteiger partial charge on any atom is -0.392 e. The van der Waals surface area contributed by atoms with E-state index in [1.54, 1.807) is 0 Å². The molecule has 3 nitrogen and oxygen atoms in total. The molecule has 88 valence electrons. The normalized spacial score (nSPS) is 25.3. The number of aliphatic hydroxyl groups excluding tert-OH is 1. The topological polar surface area (TPSA) is 49.3 Å². The van der Waals surface area contributed by atoms with E-state index < -0.39 is 10.8 Å². The molecule has 0 saturated carbocycles. The Morgan fingerprint density at radius 2 is 1.88 bits per heavy atom. The molecule has 0 radical (unpaired) electrons. The second-order valence-electron chi connectivity index (χ2n) is 4.12. The van der Waals surface area contributed by atoms with Gasteiger partial charge in [0.25, 0.3) is 0 Å². The van der Waals surface area contributed by atoms with Crippen LogP contribution in [0.4, 0.5) is 5.69 Å². The number of benzene rings is 1. The third-order valence-electron chi connectivity index (χ3n) is 2.90. The highest BCUT2D eigenvalue weighted by Gasteiger charge is 2.17. The number of anilines is 1. The molecule has 0 aliphatic carbocycles. The summed E-state index contributed by atoms with van der Waals surface area (Å²) in [6.45, 7) is 0.0860. The van der Waals surface area contributed by atoms with Crippen molar-refractivity contribution in [3.63, 3.8) is 0 Å². The lowest BCUT2D eigenvalue weighted by Crippen LogP contribution is -2.29. The van der Waals surface area contributed by atoms with Crippen molar-refractivity contribution in [3.05, 3.63) is 29.8 Å². The molecule has 2 rings (SSSR count). The molecule has 0 amide bonds. The SMILES string of the molecule is O=S1CCC(Nc2ccc(CO)cc2)CC1. The van der Waals surface area contributed by atoms with E-state index in [1.165, 1.54) is 0 Å². The predicted molar refractivity (Wildman–Crippen MR) is 66.9 cm³/mol. The Labute approximate surface area is 98.3 Å². The third kappa shape index (κ3) is 3.06. The van der Waals surface area contributed by atoms with E-state index in [4.69, 9.17) is 5.11 Å². The summed E-state index contributed by atoms with van der Waals surface area (Å²) in [5.74, 6) is 1.62. The monoisotopic (exact) mass is 239 g/mol. The molecule has 2 N–H and O–H groups in total. The van der Waals surface area contributed by atoms with Gasteiger partial charge < -0.3 is 10.4 Å². The number of aliphatic hydroxyl groups is 1. The lowest BCUT2D eigenvalue weighted by Gasteiger charge is -2.23. The molecule has 0 aromatic heterocycles. The van der Waals surface area contributed by atoms with Crippen molar-refractivity contribution in [3.8, 4) is 0 Å². The molecule has 0 spiro atoms. The van der Waals surface area contributed by atoms with Gasteiger partial charge in [0.15, 0.2) is 0 Å². The molecule has 4 heteroatoms. The van der Waals surface area contributed by atoms with E-state index in [1.807, 2.05) is 24.3 Å². The van der Waals surface area contributed by atoms with Crippen molar-refractivity contribution in [1.82, 2.24) is 0 Å². The lowest BCUT2D eigenvalue weighted by molar-refractivity contribution is 0.282. The molecule has 1 aromatic carbocycles. The van der Waals surface area contributed by atoms with Gasteiger partial charge in [-0.3, -0.25) is 4.21 Å². The largest absolute Gasteiger partial charge is 0.392 e. The number of hydrogen-bond donors (Lipinski definition) is 2. The first-order valence-electron chi connectivity index (χ1n) is 5.59. The maximum absolute atomic E-state index is 11.2. The number of rotatable bonds is 3. The zero-order valence-corrected chi connectivity index (χ0v) is 10.0. The van der Waals surface area contributed by atoms with Crippen LogP contribution in [0.15, 0.2) is 24.3 Å². The molecule has 1 heterocycles. The van der Waals surface area contributed by atoms with Gasteiger partial charge in [0.05, 0.1) is 6.61 Å². The van der Waals surface area contributed by atoms with Crippen LogP contribution in [0.2, 0.25) is 0 Å². The summed E-state index contributed by atoms with van der Waals surface area (Å²) in [5.41, 5.74) is 2.00. The number of nitrogens with one attached hydrogen (secondary N) is 1. The first kappa shape index (κ1) is 11.6. The van der Waals surface area contributed by atoms with E-state index in [0.29, 0.717) is 6.04 Å². The zero-order chi connectivity index (χ0) is 11.4. The maximum atomic E-state index is 11.2. The van der Waals surface area contributed by atoms with Crippen molar-refractivity contribution in [2.75, 3.05) is 16.8 Å². The Kier molecular flexibility index (Phi) is 3.96. The second-order valence-corrected chi connectivity index (χ2v) is 5.82. The summed E-state index contributed by atoms with van der Waals surface area (Å²) in [6.07, 6.45) is 1.96. The summed E-state index contributed by atoms with van der Waals surface area (Å²) < 4.78 is 11.2. The van der Waals surface area contributed by atoms with Gasteiger partial charge in [0.2, 0.25) is 0 Å².